The Morgan fingerprint density at radius 3 is 2.45 bits per heavy atom. The van der Waals surface area contributed by atoms with Crippen molar-refractivity contribution in [2.24, 2.45) is 5.73 Å². The summed E-state index contributed by atoms with van der Waals surface area (Å²) in [6, 6.07) is 0.308. The lowest BCUT2D eigenvalue weighted by molar-refractivity contribution is 0.657. The maximum absolute atomic E-state index is 11.5. The second-order valence-corrected chi connectivity index (χ2v) is 5.84. The maximum atomic E-state index is 11.5. The average molecular weight is 175 g/mol. The van der Waals surface area contributed by atoms with Gasteiger partial charge >= 0.3 is 0 Å². The van der Waals surface area contributed by atoms with Crippen LogP contribution in [0.5, 0.6) is 0 Å². The van der Waals surface area contributed by atoms with Gasteiger partial charge in [-0.15, -0.1) is 0 Å². The summed E-state index contributed by atoms with van der Waals surface area (Å²) in [6.45, 7) is 4.03. The third kappa shape index (κ3) is 2.27. The van der Waals surface area contributed by atoms with Gasteiger partial charge in [-0.1, -0.05) is 13.8 Å². The van der Waals surface area contributed by atoms with Gasteiger partial charge in [-0.25, -0.2) is 0 Å². The van der Waals surface area contributed by atoms with Crippen molar-refractivity contribution in [2.45, 2.75) is 49.7 Å². The van der Waals surface area contributed by atoms with E-state index < -0.39 is 10.8 Å². The minimum Gasteiger partial charge on any atom is -0.328 e. The van der Waals surface area contributed by atoms with Crippen molar-refractivity contribution < 1.29 is 4.21 Å². The highest BCUT2D eigenvalue weighted by Gasteiger charge is 2.27. The highest BCUT2D eigenvalue weighted by atomic mass is 32.2. The van der Waals surface area contributed by atoms with Gasteiger partial charge in [0.2, 0.25) is 0 Å². The zero-order valence-corrected chi connectivity index (χ0v) is 8.06. The molecule has 2 nitrogen and oxygen atoms in total. The summed E-state index contributed by atoms with van der Waals surface area (Å²) in [4.78, 5) is 0. The normalized spacial score (nSPS) is 34.5. The van der Waals surface area contributed by atoms with Crippen molar-refractivity contribution in [1.29, 1.82) is 0 Å². The third-order valence-corrected chi connectivity index (χ3v) is 4.23. The van der Waals surface area contributed by atoms with Gasteiger partial charge in [0, 0.05) is 27.3 Å². The van der Waals surface area contributed by atoms with E-state index in [2.05, 4.69) is 0 Å². The summed E-state index contributed by atoms with van der Waals surface area (Å²) in [5.74, 6) is 0. The molecule has 0 heterocycles. The van der Waals surface area contributed by atoms with Crippen LogP contribution < -0.4 is 5.73 Å². The third-order valence-electron chi connectivity index (χ3n) is 2.22. The highest BCUT2D eigenvalue weighted by molar-refractivity contribution is 7.86. The summed E-state index contributed by atoms with van der Waals surface area (Å²) in [5, 5.41) is 0.676. The zero-order valence-electron chi connectivity index (χ0n) is 7.25. The first kappa shape index (κ1) is 9.20. The lowest BCUT2D eigenvalue weighted by Gasteiger charge is -2.11. The van der Waals surface area contributed by atoms with Crippen molar-refractivity contribution in [3.63, 3.8) is 0 Å². The summed E-state index contributed by atoms with van der Waals surface area (Å²) >= 11 is 0. The lowest BCUT2D eigenvalue weighted by atomic mass is 10.3. The van der Waals surface area contributed by atoms with Crippen LogP contribution in [0.15, 0.2) is 0 Å². The lowest BCUT2D eigenvalue weighted by Crippen LogP contribution is -2.22. The fourth-order valence-electron chi connectivity index (χ4n) is 1.57. The van der Waals surface area contributed by atoms with Crippen LogP contribution >= 0.6 is 0 Å². The van der Waals surface area contributed by atoms with Crippen molar-refractivity contribution >= 4 is 10.8 Å². The molecular weight excluding hydrogens is 158 g/mol. The van der Waals surface area contributed by atoms with Crippen LogP contribution in [0.4, 0.5) is 0 Å². The predicted molar refractivity (Wildman–Crippen MR) is 48.9 cm³/mol. The molecule has 1 fully saturated rings. The molecule has 2 N–H and O–H groups in total. The van der Waals surface area contributed by atoms with E-state index >= 15 is 0 Å². The molecule has 0 aromatic carbocycles. The average Bonchev–Trinajstić information content (AvgIpc) is 2.34. The first-order valence-electron chi connectivity index (χ1n) is 4.26. The van der Waals surface area contributed by atoms with Gasteiger partial charge in [-0.3, -0.25) is 4.21 Å². The molecule has 3 atom stereocenters. The Morgan fingerprint density at radius 1 is 1.45 bits per heavy atom. The van der Waals surface area contributed by atoms with Gasteiger partial charge in [-0.05, 0) is 19.3 Å². The Morgan fingerprint density at radius 2 is 2.09 bits per heavy atom. The first-order chi connectivity index (χ1) is 5.11. The molecule has 0 saturated heterocycles. The van der Waals surface area contributed by atoms with Crippen molar-refractivity contribution in [3.8, 4) is 0 Å². The maximum Gasteiger partial charge on any atom is 0.0365 e. The number of hydrogen-bond acceptors (Lipinski definition) is 2. The molecule has 0 aromatic rings. The Labute approximate surface area is 71.0 Å². The predicted octanol–water partition coefficient (Wildman–Crippen LogP) is 1.02. The second kappa shape index (κ2) is 3.68. The van der Waals surface area contributed by atoms with Crippen LogP contribution in [0.3, 0.4) is 0 Å². The molecule has 0 amide bonds. The number of nitrogens with two attached hydrogens (primary N) is 1. The van der Waals surface area contributed by atoms with Crippen molar-refractivity contribution in [3.05, 3.63) is 0 Å². The van der Waals surface area contributed by atoms with E-state index in [1.807, 2.05) is 13.8 Å². The van der Waals surface area contributed by atoms with Crippen LogP contribution in [0.1, 0.15) is 33.1 Å². The van der Waals surface area contributed by atoms with E-state index in [0.717, 1.165) is 19.3 Å². The molecule has 0 radical (unpaired) electrons. The van der Waals surface area contributed by atoms with E-state index in [4.69, 9.17) is 5.73 Å². The SMILES string of the molecule is CC(C)S(=O)C1CCC(N)C1. The number of hydrogen-bond donors (Lipinski definition) is 1. The summed E-state index contributed by atoms with van der Waals surface area (Å²) in [6.07, 6.45) is 3.08. The molecule has 66 valence electrons. The fraction of sp³-hybridized carbons (Fsp3) is 1.00. The standard InChI is InChI=1S/C8H17NOS/c1-6(2)11(10)8-4-3-7(9)5-8/h6-8H,3-5,9H2,1-2H3. The van der Waals surface area contributed by atoms with Crippen LogP contribution in [-0.2, 0) is 10.8 Å². The van der Waals surface area contributed by atoms with Gasteiger partial charge in [0.05, 0.1) is 0 Å². The summed E-state index contributed by atoms with van der Waals surface area (Å²) in [7, 11) is -0.648. The van der Waals surface area contributed by atoms with E-state index in [1.54, 1.807) is 0 Å². The molecule has 0 bridgehead atoms. The van der Waals surface area contributed by atoms with Crippen LogP contribution in [0.2, 0.25) is 0 Å². The van der Waals surface area contributed by atoms with Gasteiger partial charge in [0.15, 0.2) is 0 Å². The second-order valence-electron chi connectivity index (χ2n) is 3.57. The molecule has 3 unspecified atom stereocenters. The summed E-state index contributed by atoms with van der Waals surface area (Å²) < 4.78 is 11.5. The monoisotopic (exact) mass is 175 g/mol. The van der Waals surface area contributed by atoms with Gasteiger partial charge < -0.3 is 5.73 Å². The smallest absolute Gasteiger partial charge is 0.0365 e. The molecule has 1 rings (SSSR count). The van der Waals surface area contributed by atoms with Crippen LogP contribution in [-0.4, -0.2) is 20.8 Å². The molecule has 0 spiro atoms. The molecule has 0 aromatic heterocycles. The Kier molecular flexibility index (Phi) is 3.07. The molecule has 1 saturated carbocycles. The molecular formula is C8H17NOS. The quantitative estimate of drug-likeness (QED) is 0.681. The topological polar surface area (TPSA) is 43.1 Å². The van der Waals surface area contributed by atoms with E-state index in [0.29, 0.717) is 16.5 Å². The fourth-order valence-corrected chi connectivity index (χ4v) is 3.14. The van der Waals surface area contributed by atoms with E-state index in [-0.39, 0.29) is 0 Å². The molecule has 1 aliphatic rings. The molecule has 1 aliphatic carbocycles. The van der Waals surface area contributed by atoms with Crippen molar-refractivity contribution in [1.82, 2.24) is 0 Å². The Bertz CT molecular complexity index is 158. The Hall–Kier alpha value is 0.110. The van der Waals surface area contributed by atoms with Gasteiger partial charge in [-0.2, -0.15) is 0 Å². The van der Waals surface area contributed by atoms with Crippen molar-refractivity contribution in [2.75, 3.05) is 0 Å². The molecule has 0 aliphatic heterocycles. The molecule has 3 heteroatoms. The zero-order chi connectivity index (χ0) is 8.43. The van der Waals surface area contributed by atoms with E-state index in [9.17, 15) is 4.21 Å². The Balaban J connectivity index is 2.43. The first-order valence-corrected chi connectivity index (χ1v) is 5.54. The van der Waals surface area contributed by atoms with Crippen LogP contribution in [0, 0.1) is 0 Å². The summed E-state index contributed by atoms with van der Waals surface area (Å²) in [5.41, 5.74) is 5.73. The van der Waals surface area contributed by atoms with Gasteiger partial charge in [0.1, 0.15) is 0 Å². The highest BCUT2D eigenvalue weighted by Crippen LogP contribution is 2.23. The van der Waals surface area contributed by atoms with Gasteiger partial charge in [0.25, 0.3) is 0 Å². The van der Waals surface area contributed by atoms with Crippen LogP contribution in [0.25, 0.3) is 0 Å². The van der Waals surface area contributed by atoms with E-state index in [1.165, 1.54) is 0 Å². The molecule has 11 heavy (non-hydrogen) atoms. The minimum absolute atomic E-state index is 0.297. The largest absolute Gasteiger partial charge is 0.328 e. The minimum atomic E-state index is -0.648. The number of rotatable bonds is 2.